The van der Waals surface area contributed by atoms with Crippen LogP contribution in [-0.2, 0) is 0 Å². The lowest BCUT2D eigenvalue weighted by molar-refractivity contribution is -0.397. The molecule has 6 nitrogen and oxygen atoms in total. The summed E-state index contributed by atoms with van der Waals surface area (Å²) in [5, 5.41) is 11.3. The largest absolute Gasteiger partial charge is 0.436 e. The van der Waals surface area contributed by atoms with Crippen LogP contribution in [0, 0.1) is 10.1 Å². The number of hydrogen-bond acceptors (Lipinski definition) is 4. The van der Waals surface area contributed by atoms with Crippen molar-refractivity contribution in [2.75, 3.05) is 13.1 Å². The average Bonchev–Trinajstić information content (AvgIpc) is 2.87. The molecule has 1 aliphatic heterocycles. The van der Waals surface area contributed by atoms with E-state index in [9.17, 15) is 10.1 Å². The normalized spacial score (nSPS) is 18.2. The number of rotatable bonds is 3. The lowest BCUT2D eigenvalue weighted by Crippen LogP contribution is -2.35. The van der Waals surface area contributed by atoms with Gasteiger partial charge in [-0.25, -0.2) is 4.57 Å². The summed E-state index contributed by atoms with van der Waals surface area (Å²) in [7, 11) is 0. The maximum atomic E-state index is 11.3. The van der Waals surface area contributed by atoms with Crippen LogP contribution in [-0.4, -0.2) is 32.5 Å². The van der Waals surface area contributed by atoms with Crippen LogP contribution in [0.3, 0.4) is 0 Å². The number of piperidine rings is 1. The van der Waals surface area contributed by atoms with E-state index in [4.69, 9.17) is 0 Å². The summed E-state index contributed by atoms with van der Waals surface area (Å²) in [5.41, 5.74) is 1.51. The molecular formula is C14H18N4O2. The summed E-state index contributed by atoms with van der Waals surface area (Å²) in [6.45, 7) is 4.00. The highest BCUT2D eigenvalue weighted by Crippen LogP contribution is 2.29. The lowest BCUT2D eigenvalue weighted by Gasteiger charge is -2.31. The molecular weight excluding hydrogens is 256 g/mol. The molecule has 1 unspecified atom stereocenters. The summed E-state index contributed by atoms with van der Waals surface area (Å²) in [5.74, 6) is -0.0655. The number of likely N-dealkylation sites (tertiary alicyclic amines) is 1. The number of para-hydroxylation sites is 2. The Labute approximate surface area is 117 Å². The minimum absolute atomic E-state index is 0.0388. The smallest absolute Gasteiger partial charge is 0.390 e. The highest BCUT2D eigenvalue weighted by molar-refractivity contribution is 5.77. The van der Waals surface area contributed by atoms with E-state index in [2.05, 4.69) is 9.88 Å². The van der Waals surface area contributed by atoms with Gasteiger partial charge in [-0.1, -0.05) is 23.5 Å². The van der Waals surface area contributed by atoms with Gasteiger partial charge in [0.05, 0.1) is 0 Å². The molecule has 1 aliphatic rings. The molecule has 1 aromatic heterocycles. The summed E-state index contributed by atoms with van der Waals surface area (Å²) >= 11 is 0. The van der Waals surface area contributed by atoms with Gasteiger partial charge < -0.3 is 10.1 Å². The molecule has 6 heteroatoms. The Morgan fingerprint density at radius 1 is 1.25 bits per heavy atom. The molecule has 1 aromatic carbocycles. The van der Waals surface area contributed by atoms with Crippen LogP contribution in [0.1, 0.15) is 32.4 Å². The Kier molecular flexibility index (Phi) is 3.40. The predicted molar refractivity (Wildman–Crippen MR) is 76.5 cm³/mol. The Morgan fingerprint density at radius 2 is 1.95 bits per heavy atom. The van der Waals surface area contributed by atoms with Crippen LogP contribution in [0.15, 0.2) is 24.3 Å². The van der Waals surface area contributed by atoms with Crippen molar-refractivity contribution in [1.82, 2.24) is 14.5 Å². The molecule has 2 aromatic rings. The Hall–Kier alpha value is -1.95. The van der Waals surface area contributed by atoms with Gasteiger partial charge in [-0.05, 0) is 36.8 Å². The fourth-order valence-electron chi connectivity index (χ4n) is 2.98. The molecule has 1 fully saturated rings. The fraction of sp³-hybridized carbons (Fsp3) is 0.500. The van der Waals surface area contributed by atoms with Crippen LogP contribution >= 0.6 is 0 Å². The SMILES string of the molecule is CC(N1CCCCC1)n1c([N+](=O)[O-])nc2ccccc21. The van der Waals surface area contributed by atoms with Gasteiger partial charge >= 0.3 is 5.95 Å². The van der Waals surface area contributed by atoms with E-state index >= 15 is 0 Å². The first-order valence-corrected chi connectivity index (χ1v) is 7.04. The van der Waals surface area contributed by atoms with Crippen LogP contribution in [0.4, 0.5) is 5.95 Å². The van der Waals surface area contributed by atoms with Gasteiger partial charge in [0, 0.05) is 13.1 Å². The maximum Gasteiger partial charge on any atom is 0.436 e. The first-order valence-electron chi connectivity index (χ1n) is 7.04. The van der Waals surface area contributed by atoms with E-state index < -0.39 is 0 Å². The fourth-order valence-corrected chi connectivity index (χ4v) is 2.98. The quantitative estimate of drug-likeness (QED) is 0.637. The van der Waals surface area contributed by atoms with E-state index in [0.717, 1.165) is 31.4 Å². The van der Waals surface area contributed by atoms with E-state index in [1.165, 1.54) is 6.42 Å². The Morgan fingerprint density at radius 3 is 2.65 bits per heavy atom. The second-order valence-electron chi connectivity index (χ2n) is 5.26. The Bertz CT molecular complexity index is 631. The average molecular weight is 274 g/mol. The van der Waals surface area contributed by atoms with Crippen molar-refractivity contribution in [1.29, 1.82) is 0 Å². The monoisotopic (exact) mass is 274 g/mol. The van der Waals surface area contributed by atoms with Crippen molar-refractivity contribution in [2.24, 2.45) is 0 Å². The van der Waals surface area contributed by atoms with Crippen molar-refractivity contribution in [3.05, 3.63) is 34.4 Å². The minimum atomic E-state index is -0.388. The zero-order chi connectivity index (χ0) is 14.1. The number of nitrogens with zero attached hydrogens (tertiary/aromatic N) is 4. The first-order chi connectivity index (χ1) is 9.68. The van der Waals surface area contributed by atoms with Gasteiger partial charge in [-0.3, -0.25) is 4.90 Å². The van der Waals surface area contributed by atoms with Crippen LogP contribution < -0.4 is 0 Å². The van der Waals surface area contributed by atoms with Gasteiger partial charge in [0.1, 0.15) is 11.7 Å². The zero-order valence-corrected chi connectivity index (χ0v) is 11.5. The molecule has 0 saturated carbocycles. The number of fused-ring (bicyclic) bond motifs is 1. The molecule has 20 heavy (non-hydrogen) atoms. The van der Waals surface area contributed by atoms with Crippen LogP contribution in [0.5, 0.6) is 0 Å². The Balaban J connectivity index is 2.08. The molecule has 1 saturated heterocycles. The van der Waals surface area contributed by atoms with E-state index in [1.54, 1.807) is 4.57 Å². The number of hydrogen-bond donors (Lipinski definition) is 0. The summed E-state index contributed by atoms with van der Waals surface area (Å²) in [4.78, 5) is 17.4. The maximum absolute atomic E-state index is 11.3. The number of imidazole rings is 1. The standard InChI is InChI=1S/C14H18N4O2/c1-11(16-9-5-2-6-10-16)17-13-8-4-3-7-12(13)15-14(17)18(19)20/h3-4,7-8,11H,2,5-6,9-10H2,1H3. The third kappa shape index (κ3) is 2.16. The topological polar surface area (TPSA) is 64.2 Å². The molecule has 0 radical (unpaired) electrons. The molecule has 0 N–H and O–H groups in total. The molecule has 106 valence electrons. The van der Waals surface area contributed by atoms with Crippen molar-refractivity contribution >= 4 is 17.0 Å². The molecule has 0 amide bonds. The van der Waals surface area contributed by atoms with Crippen molar-refractivity contribution in [3.63, 3.8) is 0 Å². The van der Waals surface area contributed by atoms with E-state index in [1.807, 2.05) is 31.2 Å². The first kappa shape index (κ1) is 13.1. The van der Waals surface area contributed by atoms with Gasteiger partial charge in [0.2, 0.25) is 0 Å². The second-order valence-corrected chi connectivity index (χ2v) is 5.26. The summed E-state index contributed by atoms with van der Waals surface area (Å²) < 4.78 is 1.75. The van der Waals surface area contributed by atoms with Crippen molar-refractivity contribution < 1.29 is 4.92 Å². The highest BCUT2D eigenvalue weighted by atomic mass is 16.6. The van der Waals surface area contributed by atoms with Crippen molar-refractivity contribution in [3.8, 4) is 0 Å². The van der Waals surface area contributed by atoms with Crippen LogP contribution in [0.25, 0.3) is 11.0 Å². The zero-order valence-electron chi connectivity index (χ0n) is 11.5. The van der Waals surface area contributed by atoms with Gasteiger partial charge in [0.15, 0.2) is 5.52 Å². The van der Waals surface area contributed by atoms with Crippen molar-refractivity contribution in [2.45, 2.75) is 32.4 Å². The minimum Gasteiger partial charge on any atom is -0.390 e. The number of aromatic nitrogens is 2. The summed E-state index contributed by atoms with van der Waals surface area (Å²) in [6.07, 6.45) is 3.52. The van der Waals surface area contributed by atoms with Gasteiger partial charge in [0.25, 0.3) is 0 Å². The van der Waals surface area contributed by atoms with E-state index in [-0.39, 0.29) is 17.0 Å². The van der Waals surface area contributed by atoms with Crippen LogP contribution in [0.2, 0.25) is 0 Å². The number of benzene rings is 1. The molecule has 1 atom stereocenters. The molecule has 0 bridgehead atoms. The second kappa shape index (κ2) is 5.20. The molecule has 0 spiro atoms. The van der Waals surface area contributed by atoms with Gasteiger partial charge in [-0.15, -0.1) is 0 Å². The number of nitro groups is 1. The molecule has 2 heterocycles. The van der Waals surface area contributed by atoms with Gasteiger partial charge in [-0.2, -0.15) is 0 Å². The molecule has 3 rings (SSSR count). The summed E-state index contributed by atoms with van der Waals surface area (Å²) in [6, 6.07) is 7.47. The predicted octanol–water partition coefficient (Wildman–Crippen LogP) is 2.95. The third-order valence-electron chi connectivity index (χ3n) is 4.03. The molecule has 0 aliphatic carbocycles. The van der Waals surface area contributed by atoms with E-state index in [0.29, 0.717) is 5.52 Å². The lowest BCUT2D eigenvalue weighted by atomic mass is 10.1. The highest BCUT2D eigenvalue weighted by Gasteiger charge is 2.29. The third-order valence-corrected chi connectivity index (χ3v) is 4.03.